The van der Waals surface area contributed by atoms with Crippen molar-refractivity contribution < 1.29 is 14.3 Å². The van der Waals surface area contributed by atoms with E-state index in [2.05, 4.69) is 5.32 Å². The highest BCUT2D eigenvalue weighted by molar-refractivity contribution is 5.80. The van der Waals surface area contributed by atoms with Crippen LogP contribution in [-0.2, 0) is 9.59 Å². The first-order chi connectivity index (χ1) is 12.0. The van der Waals surface area contributed by atoms with E-state index in [1.54, 1.807) is 0 Å². The Kier molecular flexibility index (Phi) is 7.29. The average Bonchev–Trinajstić information content (AvgIpc) is 2.62. The van der Waals surface area contributed by atoms with E-state index in [1.165, 1.54) is 0 Å². The molecule has 0 bridgehead atoms. The molecule has 0 saturated carbocycles. The molecule has 5 heteroatoms. The maximum absolute atomic E-state index is 12.3. The van der Waals surface area contributed by atoms with Crippen LogP contribution in [0.4, 0.5) is 0 Å². The van der Waals surface area contributed by atoms with Crippen LogP contribution < -0.4 is 10.1 Å². The van der Waals surface area contributed by atoms with Crippen LogP contribution in [-0.4, -0.2) is 43.0 Å². The molecule has 0 spiro atoms. The number of piperidine rings is 1. The summed E-state index contributed by atoms with van der Waals surface area (Å²) in [4.78, 5) is 26.2. The number of nitrogens with zero attached hydrogens (tertiary/aromatic N) is 1. The van der Waals surface area contributed by atoms with Crippen LogP contribution in [0.3, 0.4) is 0 Å². The van der Waals surface area contributed by atoms with Crippen molar-refractivity contribution in [1.29, 1.82) is 0 Å². The number of likely N-dealkylation sites (tertiary alicyclic amines) is 1. The van der Waals surface area contributed by atoms with Gasteiger partial charge in [-0.3, -0.25) is 9.59 Å². The van der Waals surface area contributed by atoms with Gasteiger partial charge in [-0.15, -0.1) is 0 Å². The lowest BCUT2D eigenvalue weighted by molar-refractivity contribution is -0.136. The van der Waals surface area contributed by atoms with Crippen LogP contribution in [0.2, 0.25) is 0 Å². The van der Waals surface area contributed by atoms with Gasteiger partial charge in [0.05, 0.1) is 13.0 Å². The Morgan fingerprint density at radius 1 is 1.24 bits per heavy atom. The van der Waals surface area contributed by atoms with Crippen molar-refractivity contribution in [2.45, 2.75) is 46.5 Å². The lowest BCUT2D eigenvalue weighted by Gasteiger charge is -2.31. The fourth-order valence-corrected chi connectivity index (χ4v) is 3.05. The van der Waals surface area contributed by atoms with Gasteiger partial charge >= 0.3 is 0 Å². The van der Waals surface area contributed by atoms with E-state index in [0.29, 0.717) is 26.1 Å². The molecule has 1 aromatic carbocycles. The number of amides is 2. The van der Waals surface area contributed by atoms with Crippen molar-refractivity contribution in [1.82, 2.24) is 10.2 Å². The molecule has 1 saturated heterocycles. The Bertz CT molecular complexity index is 593. The normalized spacial score (nSPS) is 15.1. The highest BCUT2D eigenvalue weighted by Gasteiger charge is 2.26. The third-order valence-corrected chi connectivity index (χ3v) is 4.68. The Hall–Kier alpha value is -2.04. The molecule has 0 unspecified atom stereocenters. The average molecular weight is 346 g/mol. The van der Waals surface area contributed by atoms with Crippen LogP contribution in [0.15, 0.2) is 18.2 Å². The van der Waals surface area contributed by atoms with Crippen LogP contribution in [0.5, 0.6) is 5.75 Å². The molecule has 0 aliphatic carbocycles. The predicted molar refractivity (Wildman–Crippen MR) is 98.6 cm³/mol. The molecule has 1 heterocycles. The highest BCUT2D eigenvalue weighted by Crippen LogP contribution is 2.20. The number of nitrogens with one attached hydrogen (secondary N) is 1. The van der Waals surface area contributed by atoms with Gasteiger partial charge in [0, 0.05) is 25.6 Å². The van der Waals surface area contributed by atoms with Crippen molar-refractivity contribution in [2.75, 3.05) is 26.2 Å². The van der Waals surface area contributed by atoms with Crippen LogP contribution in [0, 0.1) is 19.8 Å². The van der Waals surface area contributed by atoms with E-state index in [9.17, 15) is 9.59 Å². The highest BCUT2D eigenvalue weighted by atomic mass is 16.5. The van der Waals surface area contributed by atoms with Gasteiger partial charge in [-0.25, -0.2) is 0 Å². The largest absolute Gasteiger partial charge is 0.493 e. The van der Waals surface area contributed by atoms with Crippen molar-refractivity contribution in [3.63, 3.8) is 0 Å². The molecular formula is C20H30N2O3. The molecule has 1 aliphatic heterocycles. The van der Waals surface area contributed by atoms with Gasteiger partial charge in [-0.2, -0.15) is 0 Å². The first kappa shape index (κ1) is 19.3. The minimum atomic E-state index is 0.0433. The summed E-state index contributed by atoms with van der Waals surface area (Å²) >= 11 is 0. The first-order valence-corrected chi connectivity index (χ1v) is 9.26. The summed E-state index contributed by atoms with van der Waals surface area (Å²) in [6, 6.07) is 6.08. The number of carbonyl (C=O) groups excluding carboxylic acids is 2. The van der Waals surface area contributed by atoms with Crippen molar-refractivity contribution in [3.05, 3.63) is 29.3 Å². The molecule has 2 amide bonds. The van der Waals surface area contributed by atoms with Gasteiger partial charge in [-0.1, -0.05) is 19.1 Å². The standard InChI is InChI=1S/C20H30N2O3/c1-4-10-21-20(24)17-7-11-22(12-8-17)19(23)9-13-25-18-14-15(2)5-6-16(18)3/h5-6,14,17H,4,7-13H2,1-3H3,(H,21,24). The second kappa shape index (κ2) is 9.44. The monoisotopic (exact) mass is 346 g/mol. The Labute approximate surface area is 150 Å². The third kappa shape index (κ3) is 5.76. The van der Waals surface area contributed by atoms with E-state index in [-0.39, 0.29) is 17.7 Å². The van der Waals surface area contributed by atoms with E-state index in [0.717, 1.165) is 42.7 Å². The number of aryl methyl sites for hydroxylation is 2. The molecule has 1 N–H and O–H groups in total. The minimum absolute atomic E-state index is 0.0433. The van der Waals surface area contributed by atoms with Gasteiger partial charge in [0.1, 0.15) is 5.75 Å². The Morgan fingerprint density at radius 2 is 1.96 bits per heavy atom. The molecule has 2 rings (SSSR count). The zero-order valence-electron chi connectivity index (χ0n) is 15.6. The van der Waals surface area contributed by atoms with Crippen LogP contribution >= 0.6 is 0 Å². The molecule has 25 heavy (non-hydrogen) atoms. The molecule has 0 radical (unpaired) electrons. The quantitative estimate of drug-likeness (QED) is 0.826. The molecule has 1 aliphatic rings. The predicted octanol–water partition coefficient (Wildman–Crippen LogP) is 2.84. The van der Waals surface area contributed by atoms with Crippen LogP contribution in [0.1, 0.15) is 43.7 Å². The maximum atomic E-state index is 12.3. The minimum Gasteiger partial charge on any atom is -0.493 e. The molecule has 1 fully saturated rings. The second-order valence-corrected chi connectivity index (χ2v) is 6.81. The number of benzene rings is 1. The zero-order chi connectivity index (χ0) is 18.2. The van der Waals surface area contributed by atoms with Gasteiger partial charge in [0.15, 0.2) is 0 Å². The topological polar surface area (TPSA) is 58.6 Å². The van der Waals surface area contributed by atoms with E-state index in [1.807, 2.05) is 43.9 Å². The number of carbonyl (C=O) groups is 2. The van der Waals surface area contributed by atoms with Gasteiger partial charge in [0.25, 0.3) is 0 Å². The molecule has 138 valence electrons. The number of hydrogen-bond donors (Lipinski definition) is 1. The lowest BCUT2D eigenvalue weighted by Crippen LogP contribution is -2.43. The molecule has 0 aromatic heterocycles. The first-order valence-electron chi connectivity index (χ1n) is 9.26. The lowest BCUT2D eigenvalue weighted by atomic mass is 9.95. The summed E-state index contributed by atoms with van der Waals surface area (Å²) < 4.78 is 5.77. The SMILES string of the molecule is CCCNC(=O)C1CCN(C(=O)CCOc2cc(C)ccc2C)CC1. The summed E-state index contributed by atoms with van der Waals surface area (Å²) in [6.45, 7) is 8.51. The number of rotatable bonds is 7. The van der Waals surface area contributed by atoms with Gasteiger partial charge in [-0.05, 0) is 50.3 Å². The Balaban J connectivity index is 1.72. The van der Waals surface area contributed by atoms with Crippen molar-refractivity contribution >= 4 is 11.8 Å². The van der Waals surface area contributed by atoms with Crippen molar-refractivity contribution in [3.8, 4) is 5.75 Å². The second-order valence-electron chi connectivity index (χ2n) is 6.81. The smallest absolute Gasteiger partial charge is 0.225 e. The van der Waals surface area contributed by atoms with Gasteiger partial charge < -0.3 is 15.0 Å². The van der Waals surface area contributed by atoms with E-state index < -0.39 is 0 Å². The summed E-state index contributed by atoms with van der Waals surface area (Å²) in [5.41, 5.74) is 2.23. The van der Waals surface area contributed by atoms with E-state index >= 15 is 0 Å². The summed E-state index contributed by atoms with van der Waals surface area (Å²) in [6.07, 6.45) is 2.82. The molecule has 1 aromatic rings. The van der Waals surface area contributed by atoms with Crippen molar-refractivity contribution in [2.24, 2.45) is 5.92 Å². The fourth-order valence-electron chi connectivity index (χ4n) is 3.05. The third-order valence-electron chi connectivity index (χ3n) is 4.68. The Morgan fingerprint density at radius 3 is 2.64 bits per heavy atom. The fraction of sp³-hybridized carbons (Fsp3) is 0.600. The number of ether oxygens (including phenoxy) is 1. The maximum Gasteiger partial charge on any atom is 0.225 e. The summed E-state index contributed by atoms with van der Waals surface area (Å²) in [7, 11) is 0. The zero-order valence-corrected chi connectivity index (χ0v) is 15.6. The van der Waals surface area contributed by atoms with Gasteiger partial charge in [0.2, 0.25) is 11.8 Å². The van der Waals surface area contributed by atoms with E-state index in [4.69, 9.17) is 4.74 Å². The number of hydrogen-bond acceptors (Lipinski definition) is 3. The van der Waals surface area contributed by atoms with Crippen LogP contribution in [0.25, 0.3) is 0 Å². The molecule has 0 atom stereocenters. The molecular weight excluding hydrogens is 316 g/mol. The summed E-state index contributed by atoms with van der Waals surface area (Å²) in [5.74, 6) is 1.13. The molecule has 5 nitrogen and oxygen atoms in total. The summed E-state index contributed by atoms with van der Waals surface area (Å²) in [5, 5.41) is 2.95.